The van der Waals surface area contributed by atoms with Gasteiger partial charge in [-0.2, -0.15) is 5.10 Å². The average Bonchev–Trinajstić information content (AvgIpc) is 2.72. The Morgan fingerprint density at radius 2 is 2.29 bits per heavy atom. The lowest BCUT2D eigenvalue weighted by molar-refractivity contribution is -0.384. The molecular formula is C12H11N3O2. The van der Waals surface area contributed by atoms with Crippen LogP contribution in [0.3, 0.4) is 0 Å². The van der Waals surface area contributed by atoms with E-state index < -0.39 is 0 Å². The number of nitro groups is 1. The molecule has 2 heterocycles. The molecule has 1 aliphatic heterocycles. The first-order chi connectivity index (χ1) is 8.18. The van der Waals surface area contributed by atoms with Crippen LogP contribution in [0.4, 0.5) is 5.69 Å². The molecule has 0 bridgehead atoms. The van der Waals surface area contributed by atoms with Crippen LogP contribution in [0.15, 0.2) is 24.4 Å². The second-order valence-electron chi connectivity index (χ2n) is 4.22. The fourth-order valence-corrected chi connectivity index (χ4v) is 2.44. The minimum absolute atomic E-state index is 0.0975. The van der Waals surface area contributed by atoms with E-state index in [0.29, 0.717) is 12.2 Å². The summed E-state index contributed by atoms with van der Waals surface area (Å²) in [5.74, 6) is 0. The first kappa shape index (κ1) is 10.0. The fourth-order valence-electron chi connectivity index (χ4n) is 2.44. The van der Waals surface area contributed by atoms with Gasteiger partial charge in [0.15, 0.2) is 0 Å². The van der Waals surface area contributed by atoms with Gasteiger partial charge < -0.3 is 0 Å². The van der Waals surface area contributed by atoms with Gasteiger partial charge in [0.05, 0.1) is 4.92 Å². The molecule has 5 heteroatoms. The van der Waals surface area contributed by atoms with Crippen LogP contribution in [0, 0.1) is 17.0 Å². The van der Waals surface area contributed by atoms with Crippen molar-refractivity contribution in [3.63, 3.8) is 0 Å². The molecule has 5 nitrogen and oxygen atoms in total. The van der Waals surface area contributed by atoms with Crippen LogP contribution in [0.5, 0.6) is 0 Å². The molecule has 3 rings (SSSR count). The Kier molecular flexibility index (Phi) is 2.01. The van der Waals surface area contributed by atoms with Crippen molar-refractivity contribution in [2.45, 2.75) is 19.9 Å². The third kappa shape index (κ3) is 1.35. The highest BCUT2D eigenvalue weighted by atomic mass is 16.6. The summed E-state index contributed by atoms with van der Waals surface area (Å²) >= 11 is 0. The van der Waals surface area contributed by atoms with Gasteiger partial charge in [-0.3, -0.25) is 14.8 Å². The Morgan fingerprint density at radius 3 is 3.06 bits per heavy atom. The second-order valence-corrected chi connectivity index (χ2v) is 4.22. The Balaban J connectivity index is 2.34. The van der Waals surface area contributed by atoms with E-state index >= 15 is 0 Å². The molecule has 0 saturated carbocycles. The zero-order chi connectivity index (χ0) is 12.0. The molecule has 2 aromatic rings. The molecular weight excluding hydrogens is 218 g/mol. The third-order valence-corrected chi connectivity index (χ3v) is 3.21. The lowest BCUT2D eigenvalue weighted by atomic mass is 9.94. The molecule has 0 amide bonds. The summed E-state index contributed by atoms with van der Waals surface area (Å²) < 4.78 is 1.73. The van der Waals surface area contributed by atoms with Crippen LogP contribution in [-0.2, 0) is 13.0 Å². The van der Waals surface area contributed by atoms with E-state index in [4.69, 9.17) is 0 Å². The summed E-state index contributed by atoms with van der Waals surface area (Å²) in [5.41, 5.74) is 3.95. The van der Waals surface area contributed by atoms with Crippen LogP contribution >= 0.6 is 0 Å². The number of fused-ring (bicyclic) bond motifs is 3. The lowest BCUT2D eigenvalue weighted by Gasteiger charge is -2.19. The van der Waals surface area contributed by atoms with Gasteiger partial charge in [-0.15, -0.1) is 0 Å². The van der Waals surface area contributed by atoms with Crippen molar-refractivity contribution in [2.24, 2.45) is 0 Å². The van der Waals surface area contributed by atoms with Crippen molar-refractivity contribution < 1.29 is 4.92 Å². The Labute approximate surface area is 97.8 Å². The average molecular weight is 229 g/mol. The molecule has 0 spiro atoms. The van der Waals surface area contributed by atoms with Crippen LogP contribution in [0.1, 0.15) is 11.1 Å². The predicted octanol–water partition coefficient (Wildman–Crippen LogP) is 2.32. The van der Waals surface area contributed by atoms with Crippen LogP contribution < -0.4 is 0 Å². The van der Waals surface area contributed by atoms with Crippen LogP contribution in [0.2, 0.25) is 0 Å². The first-order valence-corrected chi connectivity index (χ1v) is 5.47. The fraction of sp³-hybridized carbons (Fsp3) is 0.250. The normalized spacial score (nSPS) is 13.0. The zero-order valence-corrected chi connectivity index (χ0v) is 9.38. The molecule has 0 N–H and O–H groups in total. The Bertz CT molecular complexity index is 616. The van der Waals surface area contributed by atoms with Crippen molar-refractivity contribution in [1.29, 1.82) is 0 Å². The Hall–Kier alpha value is -2.17. The summed E-state index contributed by atoms with van der Waals surface area (Å²) in [6.07, 6.45) is 2.22. The Morgan fingerprint density at radius 1 is 1.47 bits per heavy atom. The monoisotopic (exact) mass is 229 g/mol. The number of nitrogens with zero attached hydrogens (tertiary/aromatic N) is 3. The molecule has 1 aromatic heterocycles. The summed E-state index contributed by atoms with van der Waals surface area (Å²) in [6.45, 7) is 2.69. The van der Waals surface area contributed by atoms with E-state index in [1.165, 1.54) is 11.8 Å². The van der Waals surface area contributed by atoms with Crippen molar-refractivity contribution in [3.8, 4) is 11.3 Å². The van der Waals surface area contributed by atoms with Gasteiger partial charge >= 0.3 is 5.69 Å². The van der Waals surface area contributed by atoms with Gasteiger partial charge in [0.1, 0.15) is 11.9 Å². The van der Waals surface area contributed by atoms with E-state index in [9.17, 15) is 10.1 Å². The highest BCUT2D eigenvalue weighted by Crippen LogP contribution is 2.37. The number of hydrogen-bond donors (Lipinski definition) is 0. The maximum Gasteiger partial charge on any atom is 0.314 e. The van der Waals surface area contributed by atoms with Crippen LogP contribution in [0.25, 0.3) is 11.3 Å². The summed E-state index contributed by atoms with van der Waals surface area (Å²) in [7, 11) is 0. The maximum atomic E-state index is 11.0. The van der Waals surface area contributed by atoms with Gasteiger partial charge in [-0.25, -0.2) is 0 Å². The van der Waals surface area contributed by atoms with E-state index in [-0.39, 0.29) is 10.6 Å². The van der Waals surface area contributed by atoms with Crippen molar-refractivity contribution >= 4 is 5.69 Å². The van der Waals surface area contributed by atoms with Gasteiger partial charge in [0, 0.05) is 12.1 Å². The van der Waals surface area contributed by atoms with Gasteiger partial charge in [0.2, 0.25) is 0 Å². The van der Waals surface area contributed by atoms with Gasteiger partial charge in [-0.05, 0) is 24.5 Å². The van der Waals surface area contributed by atoms with E-state index in [1.54, 1.807) is 4.68 Å². The van der Waals surface area contributed by atoms with Gasteiger partial charge in [-0.1, -0.05) is 18.2 Å². The minimum Gasteiger partial charge on any atom is -0.258 e. The number of aryl methyl sites for hydroxylation is 3. The quantitative estimate of drug-likeness (QED) is 0.557. The standard InChI is InChI=1S/C12H11N3O2/c1-8-3-2-4-9-5-6-14-12(11(8)9)10(7-13-14)15(16)17/h2-4,7H,5-6H2,1H3. The maximum absolute atomic E-state index is 11.0. The zero-order valence-electron chi connectivity index (χ0n) is 9.38. The van der Waals surface area contributed by atoms with Crippen molar-refractivity contribution in [1.82, 2.24) is 9.78 Å². The van der Waals surface area contributed by atoms with E-state index in [2.05, 4.69) is 5.10 Å². The first-order valence-electron chi connectivity index (χ1n) is 5.47. The topological polar surface area (TPSA) is 61.0 Å². The summed E-state index contributed by atoms with van der Waals surface area (Å²) in [6, 6.07) is 6.00. The molecule has 0 atom stereocenters. The molecule has 1 aromatic carbocycles. The SMILES string of the molecule is Cc1cccc2c1-c1c([N+](=O)[O-])cnn1CC2. The molecule has 86 valence electrons. The van der Waals surface area contributed by atoms with Crippen molar-refractivity contribution in [3.05, 3.63) is 45.6 Å². The summed E-state index contributed by atoms with van der Waals surface area (Å²) in [5, 5.41) is 15.1. The van der Waals surface area contributed by atoms with Gasteiger partial charge in [0.25, 0.3) is 0 Å². The third-order valence-electron chi connectivity index (χ3n) is 3.21. The number of hydrogen-bond acceptors (Lipinski definition) is 3. The number of benzene rings is 1. The number of rotatable bonds is 1. The minimum atomic E-state index is -0.361. The second kappa shape index (κ2) is 3.41. The highest BCUT2D eigenvalue weighted by molar-refractivity contribution is 5.76. The molecule has 0 aliphatic carbocycles. The largest absolute Gasteiger partial charge is 0.314 e. The lowest BCUT2D eigenvalue weighted by Crippen LogP contribution is -2.13. The number of aromatic nitrogens is 2. The molecule has 0 unspecified atom stereocenters. The smallest absolute Gasteiger partial charge is 0.258 e. The molecule has 0 saturated heterocycles. The summed E-state index contributed by atoms with van der Waals surface area (Å²) in [4.78, 5) is 10.6. The predicted molar refractivity (Wildman–Crippen MR) is 62.8 cm³/mol. The molecule has 0 radical (unpaired) electrons. The molecule has 0 fully saturated rings. The molecule has 17 heavy (non-hydrogen) atoms. The van der Waals surface area contributed by atoms with Crippen LogP contribution in [-0.4, -0.2) is 14.7 Å². The van der Waals surface area contributed by atoms with E-state index in [0.717, 1.165) is 17.5 Å². The van der Waals surface area contributed by atoms with E-state index in [1.807, 2.05) is 25.1 Å². The molecule has 1 aliphatic rings. The highest BCUT2D eigenvalue weighted by Gasteiger charge is 2.27. The van der Waals surface area contributed by atoms with Crippen molar-refractivity contribution in [2.75, 3.05) is 0 Å².